The van der Waals surface area contributed by atoms with Gasteiger partial charge in [0.1, 0.15) is 39.5 Å². The van der Waals surface area contributed by atoms with Gasteiger partial charge in [-0.2, -0.15) is 0 Å². The number of carboxylic acids is 1. The zero-order chi connectivity index (χ0) is 23.6. The third-order valence-electron chi connectivity index (χ3n) is 4.17. The highest BCUT2D eigenvalue weighted by molar-refractivity contribution is 9.11. The fraction of sp³-hybridized carbons (Fsp3) is 0.312. The molecule has 2 aliphatic heterocycles. The summed E-state index contributed by atoms with van der Waals surface area (Å²) in [6, 6.07) is -0.999. The number of hydrogen-bond acceptors (Lipinski definition) is 11. The number of aliphatic carboxylic acids is 1. The van der Waals surface area contributed by atoms with E-state index < -0.39 is 35.0 Å². The summed E-state index contributed by atoms with van der Waals surface area (Å²) in [4.78, 5) is 47.5. The van der Waals surface area contributed by atoms with E-state index in [1.165, 1.54) is 18.9 Å². The molecule has 2 aliphatic rings. The van der Waals surface area contributed by atoms with Gasteiger partial charge in [0.05, 0.1) is 0 Å². The molecule has 11 nitrogen and oxygen atoms in total. The number of nitrogens with one attached hydrogen (secondary N) is 1. The molecule has 1 aromatic rings. The molecule has 1 aromatic heterocycles. The van der Waals surface area contributed by atoms with Crippen LogP contribution in [0.4, 0.5) is 9.52 Å². The van der Waals surface area contributed by atoms with E-state index in [1.54, 1.807) is 0 Å². The van der Waals surface area contributed by atoms with Crippen molar-refractivity contribution in [1.82, 2.24) is 15.2 Å². The Balaban J connectivity index is 1.80. The molecular weight excluding hydrogens is 551 g/mol. The van der Waals surface area contributed by atoms with Crippen molar-refractivity contribution in [2.24, 2.45) is 10.9 Å². The topological polar surface area (TPSA) is 173 Å². The number of nitrogens with two attached hydrogens (primary N) is 2. The molecule has 32 heavy (non-hydrogen) atoms. The molecule has 6 N–H and O–H groups in total. The lowest BCUT2D eigenvalue weighted by molar-refractivity contribution is -0.150. The van der Waals surface area contributed by atoms with Gasteiger partial charge in [-0.05, 0) is 15.9 Å². The number of nitrogens with zero attached hydrogens (tertiary/aromatic N) is 3. The van der Waals surface area contributed by atoms with Crippen LogP contribution >= 0.6 is 50.8 Å². The van der Waals surface area contributed by atoms with Crippen molar-refractivity contribution >= 4 is 79.4 Å². The average molecular weight is 567 g/mol. The molecule has 1 saturated heterocycles. The molecule has 172 valence electrons. The number of thioether (sulfide) groups is 2. The van der Waals surface area contributed by atoms with Gasteiger partial charge in [-0.3, -0.25) is 14.5 Å². The molecule has 2 amide bonds. The van der Waals surface area contributed by atoms with Gasteiger partial charge >= 0.3 is 5.97 Å². The van der Waals surface area contributed by atoms with Crippen LogP contribution in [0.5, 0.6) is 0 Å². The summed E-state index contributed by atoms with van der Waals surface area (Å²) in [7, 11) is 1.25. The lowest BCUT2D eigenvalue weighted by Gasteiger charge is -2.49. The Labute approximate surface area is 201 Å². The van der Waals surface area contributed by atoms with Crippen LogP contribution in [0.25, 0.3) is 0 Å². The SMILES string of the molecule is CO/N=C(\C(=O)NC1C(=O)N2C(C(=O)O)=C(S/C=C(\F)CN)CS[C@H]12)c1nc(N)sc1Br. The summed E-state index contributed by atoms with van der Waals surface area (Å²) in [5.41, 5.74) is 10.5. The number of carboxylic acid groups (broad SMARTS) is 1. The second kappa shape index (κ2) is 10.2. The number of thiazole rings is 1. The second-order valence-corrected chi connectivity index (χ2v) is 10.5. The Morgan fingerprint density at radius 1 is 1.56 bits per heavy atom. The Morgan fingerprint density at radius 2 is 2.28 bits per heavy atom. The van der Waals surface area contributed by atoms with Crippen molar-refractivity contribution in [3.63, 3.8) is 0 Å². The van der Waals surface area contributed by atoms with Crippen molar-refractivity contribution < 1.29 is 28.7 Å². The third kappa shape index (κ3) is 4.78. The Hall–Kier alpha value is -2.14. The summed E-state index contributed by atoms with van der Waals surface area (Å²) < 4.78 is 13.8. The Bertz CT molecular complexity index is 1060. The van der Waals surface area contributed by atoms with E-state index in [2.05, 4.69) is 31.4 Å². The zero-order valence-corrected chi connectivity index (χ0v) is 20.2. The van der Waals surface area contributed by atoms with Crippen LogP contribution in [0.2, 0.25) is 0 Å². The number of aromatic nitrogens is 1. The van der Waals surface area contributed by atoms with Gasteiger partial charge in [0.2, 0.25) is 0 Å². The van der Waals surface area contributed by atoms with Crippen LogP contribution in [0, 0.1) is 0 Å². The number of carbonyl (C=O) groups is 3. The summed E-state index contributed by atoms with van der Waals surface area (Å²) >= 11 is 6.42. The fourth-order valence-corrected chi connectivity index (χ4v) is 6.49. The van der Waals surface area contributed by atoms with Crippen molar-refractivity contribution in [3.05, 3.63) is 31.3 Å². The van der Waals surface area contributed by atoms with E-state index in [0.29, 0.717) is 8.69 Å². The van der Waals surface area contributed by atoms with Gasteiger partial charge in [-0.1, -0.05) is 28.3 Å². The quantitative estimate of drug-likeness (QED) is 0.202. The Morgan fingerprint density at radius 3 is 2.84 bits per heavy atom. The van der Waals surface area contributed by atoms with Crippen LogP contribution in [0.15, 0.2) is 30.8 Å². The number of halogens is 2. The predicted octanol–water partition coefficient (Wildman–Crippen LogP) is 1.04. The first-order chi connectivity index (χ1) is 15.2. The van der Waals surface area contributed by atoms with E-state index in [0.717, 1.165) is 33.4 Å². The molecule has 0 aromatic carbocycles. The number of rotatable bonds is 8. The van der Waals surface area contributed by atoms with Crippen LogP contribution in [0.3, 0.4) is 0 Å². The predicted molar refractivity (Wildman–Crippen MR) is 123 cm³/mol. The largest absolute Gasteiger partial charge is 0.477 e. The Kier molecular flexibility index (Phi) is 7.81. The van der Waals surface area contributed by atoms with Crippen LogP contribution in [0.1, 0.15) is 5.69 Å². The number of carbonyl (C=O) groups excluding carboxylic acids is 2. The van der Waals surface area contributed by atoms with Crippen molar-refractivity contribution in [3.8, 4) is 0 Å². The molecule has 0 saturated carbocycles. The summed E-state index contributed by atoms with van der Waals surface area (Å²) in [6.07, 6.45) is 0. The average Bonchev–Trinajstić information content (AvgIpc) is 3.10. The number of hydrogen-bond donors (Lipinski definition) is 4. The minimum absolute atomic E-state index is 0.144. The lowest BCUT2D eigenvalue weighted by atomic mass is 10.0. The first-order valence-corrected chi connectivity index (χ1v) is 12.2. The molecule has 0 aliphatic carbocycles. The molecule has 0 spiro atoms. The van der Waals surface area contributed by atoms with Gasteiger partial charge < -0.3 is 26.7 Å². The van der Waals surface area contributed by atoms with E-state index in [-0.39, 0.29) is 34.5 Å². The zero-order valence-electron chi connectivity index (χ0n) is 16.2. The normalized spacial score (nSPS) is 21.2. The monoisotopic (exact) mass is 566 g/mol. The summed E-state index contributed by atoms with van der Waals surface area (Å²) in [5, 5.41) is 16.5. The molecular formula is C16H16BrFN6O5S3. The van der Waals surface area contributed by atoms with E-state index >= 15 is 0 Å². The van der Waals surface area contributed by atoms with Crippen molar-refractivity contribution in [2.45, 2.75) is 11.4 Å². The van der Waals surface area contributed by atoms with Gasteiger partial charge in [0, 0.05) is 22.6 Å². The van der Waals surface area contributed by atoms with Crippen LogP contribution < -0.4 is 16.8 Å². The van der Waals surface area contributed by atoms with E-state index in [4.69, 9.17) is 16.3 Å². The molecule has 0 radical (unpaired) electrons. The maximum atomic E-state index is 13.4. The third-order valence-corrected chi connectivity index (χ3v) is 8.16. The standard InChI is InChI=1S/C16H16BrFN6O5S3/c1-29-23-8(7-11(17)32-16(20)22-7)12(25)21-9-13(26)24-10(15(27)28)6(4-31-14(9)24)30-3-5(18)2-19/h3,9,14H,2,4,19H2,1H3,(H2,20,22)(H,21,25)(H,27,28)/b5-3-,23-8-/t9?,14-/m1/s1. The highest BCUT2D eigenvalue weighted by Gasteiger charge is 2.54. The maximum Gasteiger partial charge on any atom is 0.353 e. The van der Waals surface area contributed by atoms with E-state index in [1.807, 2.05) is 0 Å². The molecule has 3 heterocycles. The minimum atomic E-state index is -1.33. The molecule has 2 atom stereocenters. The van der Waals surface area contributed by atoms with Crippen LogP contribution in [-0.4, -0.2) is 69.3 Å². The lowest BCUT2D eigenvalue weighted by Crippen LogP contribution is -2.71. The minimum Gasteiger partial charge on any atom is -0.477 e. The van der Waals surface area contributed by atoms with Crippen molar-refractivity contribution in [1.29, 1.82) is 0 Å². The number of amides is 2. The summed E-state index contributed by atoms with van der Waals surface area (Å²) in [5.74, 6) is -3.11. The van der Waals surface area contributed by atoms with Gasteiger partial charge in [-0.15, -0.1) is 11.8 Å². The molecule has 0 bridgehead atoms. The van der Waals surface area contributed by atoms with Crippen molar-refractivity contribution in [2.75, 3.05) is 25.1 Å². The first kappa shape index (κ1) is 24.5. The number of fused-ring (bicyclic) bond motifs is 1. The number of oxime groups is 1. The summed E-state index contributed by atoms with van der Waals surface area (Å²) in [6.45, 7) is -0.318. The fourth-order valence-electron chi connectivity index (χ4n) is 2.82. The smallest absolute Gasteiger partial charge is 0.353 e. The number of anilines is 1. The van der Waals surface area contributed by atoms with Gasteiger partial charge in [0.15, 0.2) is 10.8 Å². The molecule has 1 fully saturated rings. The highest BCUT2D eigenvalue weighted by Crippen LogP contribution is 2.44. The molecule has 16 heteroatoms. The molecule has 1 unspecified atom stereocenters. The number of β-lactam (4-membered cyclic amide) rings is 1. The maximum absolute atomic E-state index is 13.4. The highest BCUT2D eigenvalue weighted by atomic mass is 79.9. The molecule has 3 rings (SSSR count). The first-order valence-electron chi connectivity index (χ1n) is 8.66. The van der Waals surface area contributed by atoms with E-state index in [9.17, 15) is 23.9 Å². The number of nitrogen functional groups attached to an aromatic ring is 1. The van der Waals surface area contributed by atoms with Gasteiger partial charge in [0.25, 0.3) is 11.8 Å². The second-order valence-electron chi connectivity index (χ2n) is 6.12. The van der Waals surface area contributed by atoms with Gasteiger partial charge in [-0.25, -0.2) is 14.2 Å². The van der Waals surface area contributed by atoms with Crippen LogP contribution in [-0.2, 0) is 19.2 Å².